The highest BCUT2D eigenvalue weighted by molar-refractivity contribution is 5.97. The van der Waals surface area contributed by atoms with E-state index in [-0.39, 0.29) is 11.9 Å². The minimum Gasteiger partial charge on any atom is -0.493 e. The molecule has 0 saturated heterocycles. The standard InChI is InChI=1S/C21H22N2O5/c1-13(2)27-16-9-8-14(10-18(16)26-4)12-22-23-21(24)19-11-15-6-5-7-17(25-3)20(15)28-19/h5-13H,1-4H3,(H,23,24)/b22-12-. The highest BCUT2D eigenvalue weighted by Crippen LogP contribution is 2.29. The van der Waals surface area contributed by atoms with Crippen LogP contribution in [0.15, 0.2) is 52.0 Å². The van der Waals surface area contributed by atoms with Gasteiger partial charge in [0.1, 0.15) is 0 Å². The van der Waals surface area contributed by atoms with Crippen molar-refractivity contribution in [1.29, 1.82) is 0 Å². The number of para-hydroxylation sites is 1. The van der Waals surface area contributed by atoms with Gasteiger partial charge in [0.2, 0.25) is 0 Å². The molecule has 0 aliphatic heterocycles. The molecule has 1 amide bonds. The fraction of sp³-hybridized carbons (Fsp3) is 0.238. The molecule has 0 radical (unpaired) electrons. The molecule has 0 fully saturated rings. The quantitative estimate of drug-likeness (QED) is 0.493. The number of methoxy groups -OCH3 is 2. The Morgan fingerprint density at radius 3 is 2.57 bits per heavy atom. The van der Waals surface area contributed by atoms with Crippen LogP contribution in [-0.2, 0) is 0 Å². The molecule has 2 aromatic carbocycles. The molecule has 7 heteroatoms. The molecule has 0 aliphatic rings. The number of nitrogens with zero attached hydrogens (tertiary/aromatic N) is 1. The Balaban J connectivity index is 1.71. The second-order valence-electron chi connectivity index (χ2n) is 6.27. The van der Waals surface area contributed by atoms with E-state index in [1.54, 1.807) is 38.5 Å². The monoisotopic (exact) mass is 382 g/mol. The summed E-state index contributed by atoms with van der Waals surface area (Å²) >= 11 is 0. The second-order valence-corrected chi connectivity index (χ2v) is 6.27. The van der Waals surface area contributed by atoms with Crippen LogP contribution in [0.1, 0.15) is 30.0 Å². The van der Waals surface area contributed by atoms with Crippen molar-refractivity contribution in [2.45, 2.75) is 20.0 Å². The van der Waals surface area contributed by atoms with Crippen molar-refractivity contribution in [2.24, 2.45) is 5.10 Å². The Bertz CT molecular complexity index is 1010. The number of fused-ring (bicyclic) bond motifs is 1. The summed E-state index contributed by atoms with van der Waals surface area (Å²) in [6, 6.07) is 12.5. The molecule has 1 aromatic heterocycles. The minimum atomic E-state index is -0.457. The maximum atomic E-state index is 12.3. The van der Waals surface area contributed by atoms with Crippen molar-refractivity contribution in [3.8, 4) is 17.2 Å². The third-order valence-corrected chi connectivity index (χ3v) is 3.88. The van der Waals surface area contributed by atoms with Gasteiger partial charge in [-0.2, -0.15) is 5.10 Å². The summed E-state index contributed by atoms with van der Waals surface area (Å²) in [4.78, 5) is 12.3. The van der Waals surface area contributed by atoms with Crippen molar-refractivity contribution in [3.63, 3.8) is 0 Å². The van der Waals surface area contributed by atoms with E-state index < -0.39 is 5.91 Å². The van der Waals surface area contributed by atoms with E-state index in [1.807, 2.05) is 32.0 Å². The minimum absolute atomic E-state index is 0.0372. The Labute approximate surface area is 162 Å². The maximum Gasteiger partial charge on any atom is 0.307 e. The van der Waals surface area contributed by atoms with Gasteiger partial charge in [0.05, 0.1) is 26.5 Å². The average Bonchev–Trinajstić information content (AvgIpc) is 3.13. The van der Waals surface area contributed by atoms with Crippen LogP contribution >= 0.6 is 0 Å². The molecule has 0 unspecified atom stereocenters. The average molecular weight is 382 g/mol. The van der Waals surface area contributed by atoms with E-state index >= 15 is 0 Å². The molecule has 0 spiro atoms. The van der Waals surface area contributed by atoms with Gasteiger partial charge in [-0.25, -0.2) is 5.43 Å². The topological polar surface area (TPSA) is 82.3 Å². The molecule has 0 atom stereocenters. The number of nitrogens with one attached hydrogen (secondary N) is 1. The number of carbonyl (C=O) groups excluding carboxylic acids is 1. The van der Waals surface area contributed by atoms with E-state index in [2.05, 4.69) is 10.5 Å². The number of ether oxygens (including phenoxy) is 3. The molecule has 1 heterocycles. The van der Waals surface area contributed by atoms with Crippen LogP contribution in [-0.4, -0.2) is 32.4 Å². The first-order valence-electron chi connectivity index (χ1n) is 8.76. The number of amides is 1. The van der Waals surface area contributed by atoms with Crippen LogP contribution in [0.3, 0.4) is 0 Å². The summed E-state index contributed by atoms with van der Waals surface area (Å²) in [5.74, 6) is 1.50. The molecule has 0 saturated carbocycles. The third kappa shape index (κ3) is 4.25. The molecule has 0 aliphatic carbocycles. The number of hydrazone groups is 1. The van der Waals surface area contributed by atoms with E-state index in [0.29, 0.717) is 22.8 Å². The van der Waals surface area contributed by atoms with E-state index in [0.717, 1.165) is 10.9 Å². The Morgan fingerprint density at radius 2 is 1.86 bits per heavy atom. The molecule has 3 aromatic rings. The van der Waals surface area contributed by atoms with Crippen molar-refractivity contribution < 1.29 is 23.4 Å². The lowest BCUT2D eigenvalue weighted by molar-refractivity contribution is 0.0929. The molecule has 7 nitrogen and oxygen atoms in total. The summed E-state index contributed by atoms with van der Waals surface area (Å²) in [5.41, 5.74) is 3.72. The van der Waals surface area contributed by atoms with Gasteiger partial charge in [-0.1, -0.05) is 12.1 Å². The van der Waals surface area contributed by atoms with Crippen LogP contribution in [0.4, 0.5) is 0 Å². The second kappa shape index (κ2) is 8.47. The van der Waals surface area contributed by atoms with Crippen LogP contribution in [0.5, 0.6) is 17.2 Å². The van der Waals surface area contributed by atoms with Crippen LogP contribution in [0, 0.1) is 0 Å². The van der Waals surface area contributed by atoms with Gasteiger partial charge >= 0.3 is 5.91 Å². The number of hydrogen-bond acceptors (Lipinski definition) is 6. The number of furan rings is 1. The first kappa shape index (κ1) is 19.3. The van der Waals surface area contributed by atoms with Gasteiger partial charge in [-0.05, 0) is 49.7 Å². The first-order valence-corrected chi connectivity index (χ1v) is 8.76. The molecule has 146 valence electrons. The van der Waals surface area contributed by atoms with Crippen LogP contribution in [0.2, 0.25) is 0 Å². The van der Waals surface area contributed by atoms with Gasteiger partial charge in [0.15, 0.2) is 28.6 Å². The number of rotatable bonds is 7. The van der Waals surface area contributed by atoms with Crippen molar-refractivity contribution in [2.75, 3.05) is 14.2 Å². The van der Waals surface area contributed by atoms with E-state index in [4.69, 9.17) is 18.6 Å². The number of benzene rings is 2. The van der Waals surface area contributed by atoms with E-state index in [1.165, 1.54) is 6.21 Å². The Kier molecular flexibility index (Phi) is 5.84. The third-order valence-electron chi connectivity index (χ3n) is 3.88. The predicted octanol–water partition coefficient (Wildman–Crippen LogP) is 4.00. The Hall–Kier alpha value is -3.48. The maximum absolute atomic E-state index is 12.3. The van der Waals surface area contributed by atoms with E-state index in [9.17, 15) is 4.79 Å². The lowest BCUT2D eigenvalue weighted by Crippen LogP contribution is -2.16. The van der Waals surface area contributed by atoms with Crippen LogP contribution in [0.25, 0.3) is 11.0 Å². The van der Waals surface area contributed by atoms with Crippen molar-refractivity contribution in [3.05, 3.63) is 53.8 Å². The highest BCUT2D eigenvalue weighted by Gasteiger charge is 2.14. The Morgan fingerprint density at radius 1 is 1.07 bits per heavy atom. The SMILES string of the molecule is COc1cc(/C=N\NC(=O)c2cc3cccc(OC)c3o2)ccc1OC(C)C. The lowest BCUT2D eigenvalue weighted by Gasteiger charge is -2.13. The molecule has 0 bridgehead atoms. The molecular formula is C21H22N2O5. The summed E-state index contributed by atoms with van der Waals surface area (Å²) in [7, 11) is 3.12. The van der Waals surface area contributed by atoms with Gasteiger partial charge in [-0.15, -0.1) is 0 Å². The van der Waals surface area contributed by atoms with Crippen molar-refractivity contribution in [1.82, 2.24) is 5.43 Å². The summed E-state index contributed by atoms with van der Waals surface area (Å²) in [6.45, 7) is 3.88. The molecular weight excluding hydrogens is 360 g/mol. The fourth-order valence-electron chi connectivity index (χ4n) is 2.65. The predicted molar refractivity (Wildman–Crippen MR) is 107 cm³/mol. The van der Waals surface area contributed by atoms with Gasteiger partial charge < -0.3 is 18.6 Å². The zero-order valence-electron chi connectivity index (χ0n) is 16.2. The number of hydrogen-bond donors (Lipinski definition) is 1. The summed E-state index contributed by atoms with van der Waals surface area (Å²) in [6.07, 6.45) is 1.55. The largest absolute Gasteiger partial charge is 0.493 e. The first-order chi connectivity index (χ1) is 13.5. The van der Waals surface area contributed by atoms with Gasteiger partial charge in [-0.3, -0.25) is 4.79 Å². The summed E-state index contributed by atoms with van der Waals surface area (Å²) in [5, 5.41) is 4.76. The smallest absolute Gasteiger partial charge is 0.307 e. The lowest BCUT2D eigenvalue weighted by atomic mass is 10.2. The summed E-state index contributed by atoms with van der Waals surface area (Å²) < 4.78 is 21.8. The highest BCUT2D eigenvalue weighted by atomic mass is 16.5. The molecule has 1 N–H and O–H groups in total. The number of carbonyl (C=O) groups is 1. The normalized spacial score (nSPS) is 11.2. The van der Waals surface area contributed by atoms with Crippen molar-refractivity contribution >= 4 is 23.1 Å². The fourth-order valence-corrected chi connectivity index (χ4v) is 2.65. The van der Waals surface area contributed by atoms with Gasteiger partial charge in [0.25, 0.3) is 0 Å². The zero-order chi connectivity index (χ0) is 20.1. The molecule has 28 heavy (non-hydrogen) atoms. The zero-order valence-corrected chi connectivity index (χ0v) is 16.2. The van der Waals surface area contributed by atoms with Gasteiger partial charge in [0, 0.05) is 5.39 Å². The molecule has 3 rings (SSSR count). The van der Waals surface area contributed by atoms with Crippen LogP contribution < -0.4 is 19.6 Å².